The van der Waals surface area contributed by atoms with Gasteiger partial charge in [0.25, 0.3) is 0 Å². The average Bonchev–Trinajstić information content (AvgIpc) is 2.93. The van der Waals surface area contributed by atoms with Crippen LogP contribution in [-0.4, -0.2) is 37.0 Å². The predicted molar refractivity (Wildman–Crippen MR) is 114 cm³/mol. The van der Waals surface area contributed by atoms with E-state index in [1.54, 1.807) is 7.05 Å². The van der Waals surface area contributed by atoms with Crippen LogP contribution in [0.3, 0.4) is 0 Å². The van der Waals surface area contributed by atoms with Gasteiger partial charge in [-0.3, -0.25) is 9.79 Å². The Balaban J connectivity index is 0.00000338. The molecule has 1 fully saturated rings. The molecule has 0 aromatic carbocycles. The van der Waals surface area contributed by atoms with Crippen molar-refractivity contribution >= 4 is 35.8 Å². The number of nitrogens with one attached hydrogen (secondary N) is 3. The third-order valence-electron chi connectivity index (χ3n) is 4.64. The van der Waals surface area contributed by atoms with E-state index < -0.39 is 0 Å². The van der Waals surface area contributed by atoms with Crippen molar-refractivity contribution < 1.29 is 9.21 Å². The van der Waals surface area contributed by atoms with E-state index in [2.05, 4.69) is 25.9 Å². The minimum atomic E-state index is 0. The van der Waals surface area contributed by atoms with Crippen molar-refractivity contribution in [1.82, 2.24) is 20.9 Å². The van der Waals surface area contributed by atoms with E-state index in [-0.39, 0.29) is 29.9 Å². The Morgan fingerprint density at radius 2 is 1.85 bits per heavy atom. The molecule has 1 aliphatic rings. The number of carbonyl (C=O) groups excluding carboxylic acids is 1. The van der Waals surface area contributed by atoms with Gasteiger partial charge in [-0.15, -0.1) is 24.0 Å². The molecule has 1 heterocycles. The zero-order chi connectivity index (χ0) is 18.1. The number of aryl methyl sites for hydroxylation is 2. The van der Waals surface area contributed by atoms with Gasteiger partial charge in [-0.25, -0.2) is 4.98 Å². The summed E-state index contributed by atoms with van der Waals surface area (Å²) in [4.78, 5) is 20.4. The SMILES string of the molecule is CN=C(NCCNC(=O)CC1CCCCC1)NCc1nc(C)c(C)o1.I. The molecule has 8 heteroatoms. The van der Waals surface area contributed by atoms with E-state index in [9.17, 15) is 4.79 Å². The molecule has 7 nitrogen and oxygen atoms in total. The molecule has 0 spiro atoms. The summed E-state index contributed by atoms with van der Waals surface area (Å²) in [6, 6.07) is 0. The number of carbonyl (C=O) groups is 1. The van der Waals surface area contributed by atoms with Crippen molar-refractivity contribution in [2.75, 3.05) is 20.1 Å². The third kappa shape index (κ3) is 7.92. The lowest BCUT2D eigenvalue weighted by molar-refractivity contribution is -0.122. The lowest BCUT2D eigenvalue weighted by Gasteiger charge is -2.20. The zero-order valence-corrected chi connectivity index (χ0v) is 18.4. The number of aromatic nitrogens is 1. The number of hydrogen-bond donors (Lipinski definition) is 3. The van der Waals surface area contributed by atoms with Crippen LogP contribution in [0.25, 0.3) is 0 Å². The van der Waals surface area contributed by atoms with Crippen molar-refractivity contribution in [2.45, 2.75) is 58.9 Å². The number of aliphatic imine (C=N–C) groups is 1. The molecule has 0 radical (unpaired) electrons. The summed E-state index contributed by atoms with van der Waals surface area (Å²) in [7, 11) is 1.71. The number of rotatable bonds is 7. The summed E-state index contributed by atoms with van der Waals surface area (Å²) in [5, 5.41) is 9.30. The van der Waals surface area contributed by atoms with E-state index >= 15 is 0 Å². The molecule has 1 saturated carbocycles. The first-order valence-electron chi connectivity index (χ1n) is 9.22. The van der Waals surface area contributed by atoms with Gasteiger partial charge in [0, 0.05) is 26.6 Å². The van der Waals surface area contributed by atoms with Crippen molar-refractivity contribution in [1.29, 1.82) is 0 Å². The van der Waals surface area contributed by atoms with Crippen LogP contribution in [0.2, 0.25) is 0 Å². The maximum Gasteiger partial charge on any atom is 0.220 e. The van der Waals surface area contributed by atoms with Gasteiger partial charge in [0.15, 0.2) is 5.96 Å². The topological polar surface area (TPSA) is 91.5 Å². The van der Waals surface area contributed by atoms with Gasteiger partial charge in [-0.05, 0) is 32.6 Å². The Labute approximate surface area is 173 Å². The molecular formula is C18H32IN5O2. The number of halogens is 1. The van der Waals surface area contributed by atoms with Crippen LogP contribution in [0.1, 0.15) is 55.9 Å². The van der Waals surface area contributed by atoms with Gasteiger partial charge in [0.1, 0.15) is 5.76 Å². The van der Waals surface area contributed by atoms with E-state index in [1.807, 2.05) is 13.8 Å². The molecule has 0 saturated heterocycles. The van der Waals surface area contributed by atoms with Gasteiger partial charge < -0.3 is 20.4 Å². The van der Waals surface area contributed by atoms with Crippen molar-refractivity contribution in [2.24, 2.45) is 10.9 Å². The normalized spacial score (nSPS) is 15.3. The maximum absolute atomic E-state index is 12.0. The number of hydrogen-bond acceptors (Lipinski definition) is 4. The van der Waals surface area contributed by atoms with Gasteiger partial charge in [0.05, 0.1) is 12.2 Å². The first-order chi connectivity index (χ1) is 12.1. The van der Waals surface area contributed by atoms with Crippen molar-refractivity contribution in [3.8, 4) is 0 Å². The summed E-state index contributed by atoms with van der Waals surface area (Å²) < 4.78 is 5.53. The fraction of sp³-hybridized carbons (Fsp3) is 0.722. The summed E-state index contributed by atoms with van der Waals surface area (Å²) in [5.41, 5.74) is 0.903. The first kappa shape index (κ1) is 22.7. The molecule has 26 heavy (non-hydrogen) atoms. The highest BCUT2D eigenvalue weighted by atomic mass is 127. The van der Waals surface area contributed by atoms with E-state index in [0.29, 0.717) is 43.8 Å². The van der Waals surface area contributed by atoms with Crippen molar-refractivity contribution in [3.63, 3.8) is 0 Å². The fourth-order valence-corrected chi connectivity index (χ4v) is 3.10. The van der Waals surface area contributed by atoms with Crippen LogP contribution in [0.4, 0.5) is 0 Å². The second kappa shape index (κ2) is 12.1. The summed E-state index contributed by atoms with van der Waals surface area (Å²) in [6.07, 6.45) is 6.91. The molecule has 0 aliphatic heterocycles. The monoisotopic (exact) mass is 477 g/mol. The molecule has 148 valence electrons. The molecule has 1 aromatic heterocycles. The standard InChI is InChI=1S/C18H31N5O2.HI/c1-13-14(2)25-17(23-13)12-22-18(19-3)21-10-9-20-16(24)11-15-7-5-4-6-8-15;/h15H,4-12H2,1-3H3,(H,20,24)(H2,19,21,22);1H. The van der Waals surface area contributed by atoms with E-state index in [4.69, 9.17) is 4.42 Å². The third-order valence-corrected chi connectivity index (χ3v) is 4.64. The molecule has 0 bridgehead atoms. The van der Waals surface area contributed by atoms with Crippen LogP contribution in [-0.2, 0) is 11.3 Å². The zero-order valence-electron chi connectivity index (χ0n) is 16.1. The van der Waals surface area contributed by atoms with Gasteiger partial charge >= 0.3 is 0 Å². The van der Waals surface area contributed by atoms with Crippen molar-refractivity contribution in [3.05, 3.63) is 17.3 Å². The highest BCUT2D eigenvalue weighted by Crippen LogP contribution is 2.25. The lowest BCUT2D eigenvalue weighted by atomic mass is 9.87. The second-order valence-corrected chi connectivity index (χ2v) is 6.66. The number of guanidine groups is 1. The Morgan fingerprint density at radius 3 is 2.46 bits per heavy atom. The fourth-order valence-electron chi connectivity index (χ4n) is 3.10. The molecule has 2 rings (SSSR count). The molecule has 1 amide bonds. The average molecular weight is 477 g/mol. The van der Waals surface area contributed by atoms with Gasteiger partial charge in [0.2, 0.25) is 11.8 Å². The van der Waals surface area contributed by atoms with Crippen LogP contribution < -0.4 is 16.0 Å². The number of amides is 1. The first-order valence-corrected chi connectivity index (χ1v) is 9.22. The minimum Gasteiger partial charge on any atom is -0.444 e. The number of nitrogens with zero attached hydrogens (tertiary/aromatic N) is 2. The Kier molecular flexibility index (Phi) is 10.6. The molecule has 0 unspecified atom stereocenters. The molecule has 0 atom stereocenters. The molecule has 1 aliphatic carbocycles. The summed E-state index contributed by atoms with van der Waals surface area (Å²) in [6.45, 7) is 5.51. The molecule has 3 N–H and O–H groups in total. The maximum atomic E-state index is 12.0. The van der Waals surface area contributed by atoms with Crippen LogP contribution in [0.5, 0.6) is 0 Å². The lowest BCUT2D eigenvalue weighted by Crippen LogP contribution is -2.41. The quantitative estimate of drug-likeness (QED) is 0.243. The second-order valence-electron chi connectivity index (χ2n) is 6.66. The Bertz CT molecular complexity index is 563. The molecule has 1 aromatic rings. The summed E-state index contributed by atoms with van der Waals surface area (Å²) >= 11 is 0. The van der Waals surface area contributed by atoms with E-state index in [0.717, 1.165) is 11.5 Å². The smallest absolute Gasteiger partial charge is 0.220 e. The van der Waals surface area contributed by atoms with Crippen LogP contribution in [0, 0.1) is 19.8 Å². The minimum absolute atomic E-state index is 0. The highest BCUT2D eigenvalue weighted by Gasteiger charge is 2.16. The Morgan fingerprint density at radius 1 is 1.15 bits per heavy atom. The predicted octanol–water partition coefficient (Wildman–Crippen LogP) is 2.66. The van der Waals surface area contributed by atoms with Gasteiger partial charge in [-0.2, -0.15) is 0 Å². The van der Waals surface area contributed by atoms with Crippen LogP contribution in [0.15, 0.2) is 9.41 Å². The summed E-state index contributed by atoms with van der Waals surface area (Å²) in [5.74, 6) is 2.86. The highest BCUT2D eigenvalue weighted by molar-refractivity contribution is 14.0. The van der Waals surface area contributed by atoms with Gasteiger partial charge in [-0.1, -0.05) is 19.3 Å². The largest absolute Gasteiger partial charge is 0.444 e. The Hall–Kier alpha value is -1.32. The molecular weight excluding hydrogens is 445 g/mol. The van der Waals surface area contributed by atoms with E-state index in [1.165, 1.54) is 32.1 Å². The van der Waals surface area contributed by atoms with Crippen LogP contribution >= 0.6 is 24.0 Å². The number of oxazole rings is 1.